The van der Waals surface area contributed by atoms with Crippen LogP contribution in [0.25, 0.3) is 0 Å². The standard InChI is InChI=1S/C21H31N5O6/c1-12(27)24-6-3-13(4-7-24)19(29)22-14-9-16-20(30)23-15-5-8-25(17(28)11-32-2)18(15)21(31)26(16)10-14/h13-16,18H,3-11H2,1-2H3,(H,22,29)(H,23,30). The first-order chi connectivity index (χ1) is 15.3. The van der Waals surface area contributed by atoms with E-state index >= 15 is 0 Å². The Morgan fingerprint density at radius 2 is 1.84 bits per heavy atom. The molecule has 0 aromatic rings. The first-order valence-electron chi connectivity index (χ1n) is 11.2. The zero-order chi connectivity index (χ0) is 23.0. The van der Waals surface area contributed by atoms with E-state index in [1.54, 1.807) is 4.90 Å². The molecule has 4 aliphatic rings. The zero-order valence-corrected chi connectivity index (χ0v) is 18.5. The van der Waals surface area contributed by atoms with Crippen molar-refractivity contribution in [3.63, 3.8) is 0 Å². The Balaban J connectivity index is 1.40. The van der Waals surface area contributed by atoms with Crippen LogP contribution in [0.1, 0.15) is 32.6 Å². The normalized spacial score (nSPS) is 30.5. The number of hydrogen-bond acceptors (Lipinski definition) is 6. The minimum absolute atomic E-state index is 0.0142. The fraction of sp³-hybridized carbons (Fsp3) is 0.762. The average Bonchev–Trinajstić information content (AvgIpc) is 3.36. The predicted molar refractivity (Wildman–Crippen MR) is 111 cm³/mol. The van der Waals surface area contributed by atoms with E-state index < -0.39 is 18.1 Å². The highest BCUT2D eigenvalue weighted by Gasteiger charge is 2.52. The number of carbonyl (C=O) groups excluding carboxylic acids is 5. The number of rotatable bonds is 4. The topological polar surface area (TPSA) is 128 Å². The number of ether oxygens (including phenoxy) is 1. The molecular formula is C21H31N5O6. The molecule has 0 aliphatic carbocycles. The van der Waals surface area contributed by atoms with Crippen LogP contribution in [0.2, 0.25) is 0 Å². The summed E-state index contributed by atoms with van der Waals surface area (Å²) in [6.07, 6.45) is 2.08. The van der Waals surface area contributed by atoms with E-state index in [0.717, 1.165) is 0 Å². The molecule has 0 aromatic carbocycles. The van der Waals surface area contributed by atoms with E-state index in [1.807, 2.05) is 0 Å². The Morgan fingerprint density at radius 1 is 1.12 bits per heavy atom. The molecule has 11 heteroatoms. The summed E-state index contributed by atoms with van der Waals surface area (Å²) in [5.74, 6) is -1.04. The van der Waals surface area contributed by atoms with Crippen LogP contribution in [-0.2, 0) is 28.7 Å². The van der Waals surface area contributed by atoms with Crippen molar-refractivity contribution in [2.24, 2.45) is 5.92 Å². The Morgan fingerprint density at radius 3 is 2.50 bits per heavy atom. The van der Waals surface area contributed by atoms with Crippen molar-refractivity contribution in [1.29, 1.82) is 0 Å². The highest BCUT2D eigenvalue weighted by molar-refractivity contribution is 5.96. The van der Waals surface area contributed by atoms with Gasteiger partial charge in [0, 0.05) is 52.2 Å². The Bertz CT molecular complexity index is 811. The van der Waals surface area contributed by atoms with E-state index in [1.165, 1.54) is 23.8 Å². The van der Waals surface area contributed by atoms with Gasteiger partial charge in [-0.1, -0.05) is 0 Å². The van der Waals surface area contributed by atoms with Crippen molar-refractivity contribution in [1.82, 2.24) is 25.3 Å². The molecule has 0 spiro atoms. The molecule has 0 bridgehead atoms. The molecule has 4 heterocycles. The van der Waals surface area contributed by atoms with Gasteiger partial charge in [-0.15, -0.1) is 0 Å². The van der Waals surface area contributed by atoms with Gasteiger partial charge in [0.2, 0.25) is 29.5 Å². The van der Waals surface area contributed by atoms with Crippen molar-refractivity contribution in [2.75, 3.05) is 39.9 Å². The highest BCUT2D eigenvalue weighted by atomic mass is 16.5. The number of likely N-dealkylation sites (tertiary alicyclic amines) is 2. The van der Waals surface area contributed by atoms with Crippen molar-refractivity contribution in [2.45, 2.75) is 56.8 Å². The molecule has 4 fully saturated rings. The number of nitrogens with zero attached hydrogens (tertiary/aromatic N) is 3. The van der Waals surface area contributed by atoms with Crippen LogP contribution in [0.5, 0.6) is 0 Å². The van der Waals surface area contributed by atoms with Crippen LogP contribution in [0, 0.1) is 5.92 Å². The van der Waals surface area contributed by atoms with Gasteiger partial charge in [0.25, 0.3) is 0 Å². The van der Waals surface area contributed by atoms with Gasteiger partial charge in [-0.3, -0.25) is 24.0 Å². The summed E-state index contributed by atoms with van der Waals surface area (Å²) in [6, 6.07) is -2.12. The number of fused-ring (bicyclic) bond motifs is 2. The van der Waals surface area contributed by atoms with Gasteiger partial charge >= 0.3 is 0 Å². The lowest BCUT2D eigenvalue weighted by Gasteiger charge is -2.31. The largest absolute Gasteiger partial charge is 0.375 e. The predicted octanol–water partition coefficient (Wildman–Crippen LogP) is -1.92. The summed E-state index contributed by atoms with van der Waals surface area (Å²) in [4.78, 5) is 67.6. The van der Waals surface area contributed by atoms with Crippen molar-refractivity contribution in [3.05, 3.63) is 0 Å². The van der Waals surface area contributed by atoms with Crippen LogP contribution in [0.4, 0.5) is 0 Å². The summed E-state index contributed by atoms with van der Waals surface area (Å²) in [5, 5.41) is 5.94. The molecular weight excluding hydrogens is 418 g/mol. The molecule has 176 valence electrons. The molecule has 0 aromatic heterocycles. The molecule has 11 nitrogen and oxygen atoms in total. The lowest BCUT2D eigenvalue weighted by molar-refractivity contribution is -0.146. The van der Waals surface area contributed by atoms with E-state index in [4.69, 9.17) is 4.74 Å². The number of amides is 5. The fourth-order valence-electron chi connectivity index (χ4n) is 5.39. The third-order valence-corrected chi connectivity index (χ3v) is 7.11. The summed E-state index contributed by atoms with van der Waals surface area (Å²) >= 11 is 0. The lowest BCUT2D eigenvalue weighted by Crippen LogP contribution is -2.53. The van der Waals surface area contributed by atoms with Crippen molar-refractivity contribution < 1.29 is 28.7 Å². The first-order valence-corrected chi connectivity index (χ1v) is 11.2. The average molecular weight is 450 g/mol. The fourth-order valence-corrected chi connectivity index (χ4v) is 5.39. The van der Waals surface area contributed by atoms with Crippen LogP contribution in [0.3, 0.4) is 0 Å². The number of methoxy groups -OCH3 is 1. The molecule has 4 rings (SSSR count). The van der Waals surface area contributed by atoms with Crippen molar-refractivity contribution >= 4 is 29.5 Å². The first kappa shape index (κ1) is 22.5. The SMILES string of the molecule is COCC(=O)N1CCC2NC(=O)C3CC(NC(=O)C4CCN(C(C)=O)CC4)CN3C(=O)C21. The molecule has 4 aliphatic heterocycles. The van der Waals surface area contributed by atoms with Crippen LogP contribution in [0.15, 0.2) is 0 Å². The van der Waals surface area contributed by atoms with Crippen LogP contribution >= 0.6 is 0 Å². The molecule has 2 N–H and O–H groups in total. The minimum Gasteiger partial charge on any atom is -0.375 e. The Labute approximate surface area is 186 Å². The molecule has 4 unspecified atom stereocenters. The zero-order valence-electron chi connectivity index (χ0n) is 18.5. The molecule has 0 radical (unpaired) electrons. The smallest absolute Gasteiger partial charge is 0.249 e. The van der Waals surface area contributed by atoms with Crippen LogP contribution < -0.4 is 10.6 Å². The maximum absolute atomic E-state index is 13.4. The maximum Gasteiger partial charge on any atom is 0.249 e. The van der Waals surface area contributed by atoms with Gasteiger partial charge in [0.05, 0.1) is 6.04 Å². The van der Waals surface area contributed by atoms with Gasteiger partial charge < -0.3 is 30.1 Å². The third-order valence-electron chi connectivity index (χ3n) is 7.11. The molecule has 32 heavy (non-hydrogen) atoms. The molecule has 4 atom stereocenters. The van der Waals surface area contributed by atoms with E-state index in [-0.39, 0.29) is 54.6 Å². The summed E-state index contributed by atoms with van der Waals surface area (Å²) < 4.78 is 4.94. The summed E-state index contributed by atoms with van der Waals surface area (Å²) in [7, 11) is 1.43. The molecule has 5 amide bonds. The highest BCUT2D eigenvalue weighted by Crippen LogP contribution is 2.29. The monoisotopic (exact) mass is 449 g/mol. The second-order valence-electron chi connectivity index (χ2n) is 9.10. The lowest BCUT2D eigenvalue weighted by atomic mass is 9.95. The van der Waals surface area contributed by atoms with Crippen molar-refractivity contribution in [3.8, 4) is 0 Å². The van der Waals surface area contributed by atoms with E-state index in [9.17, 15) is 24.0 Å². The number of hydrogen-bond donors (Lipinski definition) is 2. The maximum atomic E-state index is 13.4. The minimum atomic E-state index is -0.739. The third kappa shape index (κ3) is 4.17. The number of carbonyl (C=O) groups is 5. The second-order valence-corrected chi connectivity index (χ2v) is 9.10. The quantitative estimate of drug-likeness (QED) is 0.515. The number of piperidine rings is 1. The number of nitrogens with one attached hydrogen (secondary N) is 2. The van der Waals surface area contributed by atoms with E-state index in [0.29, 0.717) is 45.3 Å². The Hall–Kier alpha value is -2.69. The van der Waals surface area contributed by atoms with Crippen LogP contribution in [-0.4, -0.2) is 108 Å². The Kier molecular flexibility index (Phi) is 6.36. The summed E-state index contributed by atoms with van der Waals surface area (Å²) in [6.45, 7) is 3.16. The van der Waals surface area contributed by atoms with Gasteiger partial charge in [0.15, 0.2) is 0 Å². The molecule has 4 saturated heterocycles. The second kappa shape index (κ2) is 9.05. The molecule has 0 saturated carbocycles. The van der Waals surface area contributed by atoms with Gasteiger partial charge in [-0.05, 0) is 25.7 Å². The van der Waals surface area contributed by atoms with Gasteiger partial charge in [-0.2, -0.15) is 0 Å². The summed E-state index contributed by atoms with van der Waals surface area (Å²) in [5.41, 5.74) is 0. The van der Waals surface area contributed by atoms with Gasteiger partial charge in [0.1, 0.15) is 18.7 Å². The van der Waals surface area contributed by atoms with E-state index in [2.05, 4.69) is 10.6 Å². The van der Waals surface area contributed by atoms with Gasteiger partial charge in [-0.25, -0.2) is 0 Å².